The minimum absolute atomic E-state index is 0.121. The molecule has 0 saturated carbocycles. The van der Waals surface area contributed by atoms with E-state index in [1.165, 1.54) is 25.3 Å². The number of hydrogen-bond donors (Lipinski definition) is 2. The fourth-order valence-electron chi connectivity index (χ4n) is 2.24. The third kappa shape index (κ3) is 4.94. The molecule has 0 saturated heterocycles. The summed E-state index contributed by atoms with van der Waals surface area (Å²) in [6.45, 7) is 1.56. The average molecular weight is 383 g/mol. The second-order valence-electron chi connectivity index (χ2n) is 5.18. The Hall–Kier alpha value is -2.09. The molecular weight excluding hydrogens is 364 g/mol. The number of ether oxygens (including phenoxy) is 1. The number of hydrogen-bond acceptors (Lipinski definition) is 4. The zero-order valence-corrected chi connectivity index (χ0v) is 15.4. The van der Waals surface area contributed by atoms with E-state index in [9.17, 15) is 13.2 Å². The van der Waals surface area contributed by atoms with Crippen LogP contribution in [0, 0.1) is 0 Å². The van der Waals surface area contributed by atoms with Gasteiger partial charge in [0.1, 0.15) is 10.6 Å². The number of methoxy groups -OCH3 is 1. The Morgan fingerprint density at radius 2 is 1.92 bits per heavy atom. The molecule has 2 N–H and O–H groups in total. The lowest BCUT2D eigenvalue weighted by atomic mass is 10.1. The van der Waals surface area contributed by atoms with Crippen molar-refractivity contribution < 1.29 is 17.9 Å². The molecule has 25 heavy (non-hydrogen) atoms. The molecule has 0 fully saturated rings. The standard InChI is InChI=1S/C17H19ClN2O4S/c1-3-12-6-4-5-7-14(12)20-17(21)11-19-25(22,23)16-10-13(18)8-9-15(16)24-2/h4-10,19H,3,11H2,1-2H3,(H,20,21). The Bertz CT molecular complexity index is 869. The lowest BCUT2D eigenvalue weighted by Gasteiger charge is -2.12. The van der Waals surface area contributed by atoms with Crippen molar-refractivity contribution in [3.8, 4) is 5.75 Å². The summed E-state index contributed by atoms with van der Waals surface area (Å²) in [7, 11) is -2.59. The van der Waals surface area contributed by atoms with Crippen LogP contribution in [0.3, 0.4) is 0 Å². The fraction of sp³-hybridized carbons (Fsp3) is 0.235. The summed E-state index contributed by atoms with van der Waals surface area (Å²) in [4.78, 5) is 12.0. The van der Waals surface area contributed by atoms with Gasteiger partial charge in [-0.25, -0.2) is 13.1 Å². The highest BCUT2D eigenvalue weighted by molar-refractivity contribution is 7.89. The van der Waals surface area contributed by atoms with Crippen molar-refractivity contribution in [1.82, 2.24) is 4.72 Å². The van der Waals surface area contributed by atoms with Gasteiger partial charge in [0.25, 0.3) is 0 Å². The Morgan fingerprint density at radius 3 is 2.60 bits per heavy atom. The van der Waals surface area contributed by atoms with Crippen molar-refractivity contribution in [2.45, 2.75) is 18.2 Å². The van der Waals surface area contributed by atoms with Crippen LogP contribution in [-0.4, -0.2) is 28.0 Å². The summed E-state index contributed by atoms with van der Waals surface area (Å²) in [6, 6.07) is 11.6. The lowest BCUT2D eigenvalue weighted by Crippen LogP contribution is -2.33. The highest BCUT2D eigenvalue weighted by Crippen LogP contribution is 2.26. The van der Waals surface area contributed by atoms with Gasteiger partial charge in [0.2, 0.25) is 15.9 Å². The van der Waals surface area contributed by atoms with Crippen molar-refractivity contribution in [2.75, 3.05) is 19.0 Å². The Kier molecular flexibility index (Phi) is 6.41. The van der Waals surface area contributed by atoms with Crippen LogP contribution in [0.4, 0.5) is 5.69 Å². The first kappa shape index (κ1) is 19.2. The number of para-hydroxylation sites is 1. The Balaban J connectivity index is 2.09. The predicted molar refractivity (Wildman–Crippen MR) is 97.6 cm³/mol. The quantitative estimate of drug-likeness (QED) is 0.771. The van der Waals surface area contributed by atoms with Crippen molar-refractivity contribution in [3.63, 3.8) is 0 Å². The topological polar surface area (TPSA) is 84.5 Å². The van der Waals surface area contributed by atoms with Gasteiger partial charge in [-0.1, -0.05) is 36.7 Å². The first-order valence-electron chi connectivity index (χ1n) is 7.58. The third-order valence-electron chi connectivity index (χ3n) is 3.51. The highest BCUT2D eigenvalue weighted by atomic mass is 35.5. The lowest BCUT2D eigenvalue weighted by molar-refractivity contribution is -0.115. The fourth-order valence-corrected chi connectivity index (χ4v) is 3.66. The monoisotopic (exact) mass is 382 g/mol. The smallest absolute Gasteiger partial charge is 0.244 e. The second-order valence-corrected chi connectivity index (χ2v) is 7.35. The molecule has 0 heterocycles. The molecule has 134 valence electrons. The van der Waals surface area contributed by atoms with E-state index in [0.29, 0.717) is 5.69 Å². The summed E-state index contributed by atoms with van der Waals surface area (Å²) in [5.74, 6) is -0.320. The van der Waals surface area contributed by atoms with E-state index in [1.54, 1.807) is 12.1 Å². The average Bonchev–Trinajstić information content (AvgIpc) is 2.60. The predicted octanol–water partition coefficient (Wildman–Crippen LogP) is 2.83. The third-order valence-corrected chi connectivity index (χ3v) is 5.17. The molecule has 0 aliphatic carbocycles. The van der Waals surface area contributed by atoms with E-state index >= 15 is 0 Å². The van der Waals surface area contributed by atoms with Gasteiger partial charge >= 0.3 is 0 Å². The number of amides is 1. The first-order valence-corrected chi connectivity index (χ1v) is 9.44. The van der Waals surface area contributed by atoms with E-state index in [4.69, 9.17) is 16.3 Å². The highest BCUT2D eigenvalue weighted by Gasteiger charge is 2.21. The number of aryl methyl sites for hydroxylation is 1. The molecule has 0 aliphatic rings. The minimum Gasteiger partial charge on any atom is -0.495 e. The summed E-state index contributed by atoms with van der Waals surface area (Å²) in [6.07, 6.45) is 0.752. The van der Waals surface area contributed by atoms with Crippen LogP contribution in [0.15, 0.2) is 47.4 Å². The SMILES string of the molecule is CCc1ccccc1NC(=O)CNS(=O)(=O)c1cc(Cl)ccc1OC. The van der Waals surface area contributed by atoms with Crippen LogP contribution in [0.2, 0.25) is 5.02 Å². The molecule has 6 nitrogen and oxygen atoms in total. The molecule has 1 amide bonds. The van der Waals surface area contributed by atoms with E-state index < -0.39 is 22.5 Å². The molecule has 0 aliphatic heterocycles. The molecule has 0 aromatic heterocycles. The van der Waals surface area contributed by atoms with E-state index in [1.807, 2.05) is 19.1 Å². The molecule has 0 unspecified atom stereocenters. The number of benzene rings is 2. The molecule has 0 atom stereocenters. The van der Waals surface area contributed by atoms with Crippen molar-refractivity contribution in [2.24, 2.45) is 0 Å². The van der Waals surface area contributed by atoms with Crippen molar-refractivity contribution in [3.05, 3.63) is 53.1 Å². The van der Waals surface area contributed by atoms with Crippen LogP contribution < -0.4 is 14.8 Å². The molecule has 0 spiro atoms. The summed E-state index contributed by atoms with van der Waals surface area (Å²) in [5.41, 5.74) is 1.63. The van der Waals surface area contributed by atoms with Crippen molar-refractivity contribution >= 4 is 33.2 Å². The van der Waals surface area contributed by atoms with Crippen LogP contribution in [0.25, 0.3) is 0 Å². The van der Waals surface area contributed by atoms with E-state index in [-0.39, 0.29) is 15.7 Å². The van der Waals surface area contributed by atoms with Gasteiger partial charge in [0.05, 0.1) is 13.7 Å². The van der Waals surface area contributed by atoms with Crippen LogP contribution in [0.1, 0.15) is 12.5 Å². The normalized spacial score (nSPS) is 11.2. The van der Waals surface area contributed by atoms with Gasteiger partial charge in [0.15, 0.2) is 0 Å². The van der Waals surface area contributed by atoms with Crippen molar-refractivity contribution in [1.29, 1.82) is 0 Å². The molecular formula is C17H19ClN2O4S. The minimum atomic E-state index is -3.95. The number of carbonyl (C=O) groups is 1. The van der Waals surface area contributed by atoms with Gasteiger partial charge in [-0.05, 0) is 36.2 Å². The molecule has 0 radical (unpaired) electrons. The molecule has 2 aromatic rings. The number of carbonyl (C=O) groups excluding carboxylic acids is 1. The maximum atomic E-state index is 12.4. The maximum Gasteiger partial charge on any atom is 0.244 e. The maximum absolute atomic E-state index is 12.4. The van der Waals surface area contributed by atoms with Gasteiger partial charge in [-0.3, -0.25) is 4.79 Å². The van der Waals surface area contributed by atoms with Crippen LogP contribution in [0.5, 0.6) is 5.75 Å². The Morgan fingerprint density at radius 1 is 1.20 bits per heavy atom. The molecule has 8 heteroatoms. The zero-order chi connectivity index (χ0) is 18.4. The van der Waals surface area contributed by atoms with E-state index in [2.05, 4.69) is 10.0 Å². The first-order chi connectivity index (χ1) is 11.9. The number of rotatable bonds is 7. The number of nitrogens with one attached hydrogen (secondary N) is 2. The second kappa shape index (κ2) is 8.33. The van der Waals surface area contributed by atoms with Crippen LogP contribution >= 0.6 is 11.6 Å². The molecule has 0 bridgehead atoms. The van der Waals surface area contributed by atoms with Gasteiger partial charge in [0, 0.05) is 10.7 Å². The van der Waals surface area contributed by atoms with Crippen LogP contribution in [-0.2, 0) is 21.2 Å². The number of sulfonamides is 1. The van der Waals surface area contributed by atoms with Gasteiger partial charge in [-0.15, -0.1) is 0 Å². The number of halogens is 1. The molecule has 2 aromatic carbocycles. The zero-order valence-electron chi connectivity index (χ0n) is 13.9. The molecule has 2 rings (SSSR count). The van der Waals surface area contributed by atoms with Gasteiger partial charge < -0.3 is 10.1 Å². The number of anilines is 1. The summed E-state index contributed by atoms with van der Waals surface area (Å²) < 4.78 is 32.1. The Labute approximate surface area is 152 Å². The van der Waals surface area contributed by atoms with Gasteiger partial charge in [-0.2, -0.15) is 0 Å². The summed E-state index contributed by atoms with van der Waals surface area (Å²) in [5, 5.41) is 2.95. The largest absolute Gasteiger partial charge is 0.495 e. The summed E-state index contributed by atoms with van der Waals surface area (Å²) >= 11 is 5.86. The van der Waals surface area contributed by atoms with E-state index in [0.717, 1.165) is 12.0 Å².